The standard InChI is InChI=1S/C17H16BrN5OS2/c1-11-3-6-13(7-4-11)25-10-16(24)19-14-9-12(18)5-8-15(14)26-17-20-21-22-23(17)2/h3-9H,10H2,1-2H3,(H,19,24). The van der Waals surface area contributed by atoms with Gasteiger partial charge < -0.3 is 5.32 Å². The number of amides is 1. The number of carbonyl (C=O) groups is 1. The summed E-state index contributed by atoms with van der Waals surface area (Å²) in [5.74, 6) is 0.275. The predicted molar refractivity (Wildman–Crippen MR) is 108 cm³/mol. The highest BCUT2D eigenvalue weighted by Gasteiger charge is 2.12. The number of nitrogens with one attached hydrogen (secondary N) is 1. The largest absolute Gasteiger partial charge is 0.324 e. The number of anilines is 1. The summed E-state index contributed by atoms with van der Waals surface area (Å²) in [6, 6.07) is 13.8. The Morgan fingerprint density at radius 1 is 1.23 bits per heavy atom. The SMILES string of the molecule is Cc1ccc(SCC(=O)Nc2cc(Br)ccc2Sc2nnnn2C)cc1. The maximum Gasteiger partial charge on any atom is 0.234 e. The molecule has 3 rings (SSSR count). The maximum absolute atomic E-state index is 12.4. The molecule has 1 N–H and O–H groups in total. The van der Waals surface area contributed by atoms with Gasteiger partial charge in [-0.2, -0.15) is 0 Å². The van der Waals surface area contributed by atoms with Crippen molar-refractivity contribution in [3.8, 4) is 0 Å². The van der Waals surface area contributed by atoms with Crippen LogP contribution in [0.25, 0.3) is 0 Å². The van der Waals surface area contributed by atoms with Crippen LogP contribution in [0.1, 0.15) is 5.56 Å². The fourth-order valence-corrected chi connectivity index (χ4v) is 3.92. The molecule has 0 radical (unpaired) electrons. The third kappa shape index (κ3) is 5.09. The number of hydrogen-bond donors (Lipinski definition) is 1. The molecule has 134 valence electrons. The second-order valence-electron chi connectivity index (χ2n) is 5.48. The van der Waals surface area contributed by atoms with Crippen LogP contribution >= 0.6 is 39.5 Å². The van der Waals surface area contributed by atoms with E-state index in [1.165, 1.54) is 29.1 Å². The van der Waals surface area contributed by atoms with Gasteiger partial charge in [0.15, 0.2) is 0 Å². The summed E-state index contributed by atoms with van der Waals surface area (Å²) in [6.07, 6.45) is 0. The lowest BCUT2D eigenvalue weighted by molar-refractivity contribution is -0.113. The van der Waals surface area contributed by atoms with Gasteiger partial charge in [0, 0.05) is 21.3 Å². The molecule has 3 aromatic rings. The van der Waals surface area contributed by atoms with Gasteiger partial charge in [0.25, 0.3) is 0 Å². The lowest BCUT2D eigenvalue weighted by Crippen LogP contribution is -2.14. The molecular formula is C17H16BrN5OS2. The zero-order valence-electron chi connectivity index (χ0n) is 14.1. The molecule has 1 aromatic heterocycles. The van der Waals surface area contributed by atoms with Gasteiger partial charge in [-0.25, -0.2) is 4.68 Å². The van der Waals surface area contributed by atoms with Crippen molar-refractivity contribution in [2.45, 2.75) is 21.9 Å². The van der Waals surface area contributed by atoms with Crippen molar-refractivity contribution in [3.05, 3.63) is 52.5 Å². The van der Waals surface area contributed by atoms with E-state index in [1.54, 1.807) is 11.7 Å². The number of carbonyl (C=O) groups excluding carboxylic acids is 1. The molecule has 26 heavy (non-hydrogen) atoms. The molecule has 0 spiro atoms. The van der Waals surface area contributed by atoms with Crippen LogP contribution in [0, 0.1) is 6.92 Å². The van der Waals surface area contributed by atoms with E-state index in [9.17, 15) is 4.79 Å². The number of thioether (sulfide) groups is 1. The van der Waals surface area contributed by atoms with Crippen LogP contribution in [0.4, 0.5) is 5.69 Å². The van der Waals surface area contributed by atoms with E-state index in [-0.39, 0.29) is 5.91 Å². The molecule has 6 nitrogen and oxygen atoms in total. The highest BCUT2D eigenvalue weighted by molar-refractivity contribution is 9.10. The monoisotopic (exact) mass is 449 g/mol. The summed E-state index contributed by atoms with van der Waals surface area (Å²) >= 11 is 6.36. The summed E-state index contributed by atoms with van der Waals surface area (Å²) in [7, 11) is 1.78. The van der Waals surface area contributed by atoms with E-state index in [4.69, 9.17) is 0 Å². The summed E-state index contributed by atoms with van der Waals surface area (Å²) in [4.78, 5) is 14.3. The number of halogens is 1. The molecule has 1 amide bonds. The van der Waals surface area contributed by atoms with Gasteiger partial charge in [-0.1, -0.05) is 33.6 Å². The minimum absolute atomic E-state index is 0.0633. The molecule has 0 unspecified atom stereocenters. The molecule has 0 saturated heterocycles. The second-order valence-corrected chi connectivity index (χ2v) is 8.45. The van der Waals surface area contributed by atoms with E-state index < -0.39 is 0 Å². The number of benzene rings is 2. The van der Waals surface area contributed by atoms with E-state index >= 15 is 0 Å². The Hall–Kier alpha value is -1.84. The van der Waals surface area contributed by atoms with E-state index in [1.807, 2.05) is 49.4 Å². The fraction of sp³-hybridized carbons (Fsp3) is 0.176. The summed E-state index contributed by atoms with van der Waals surface area (Å²) in [5, 5.41) is 15.1. The first-order valence-corrected chi connectivity index (χ1v) is 10.3. The predicted octanol–water partition coefficient (Wildman–Crippen LogP) is 4.16. The molecule has 2 aromatic carbocycles. The molecule has 0 fully saturated rings. The first kappa shape index (κ1) is 18.9. The van der Waals surface area contributed by atoms with Crippen LogP contribution in [0.5, 0.6) is 0 Å². The molecule has 9 heteroatoms. The fourth-order valence-electron chi connectivity index (χ4n) is 2.06. The van der Waals surface area contributed by atoms with Crippen LogP contribution in [0.15, 0.2) is 61.9 Å². The zero-order chi connectivity index (χ0) is 18.5. The Labute approximate surface area is 168 Å². The summed E-state index contributed by atoms with van der Waals surface area (Å²) in [5.41, 5.74) is 1.93. The van der Waals surface area contributed by atoms with E-state index in [0.29, 0.717) is 10.9 Å². The first-order valence-electron chi connectivity index (χ1n) is 7.70. The van der Waals surface area contributed by atoms with Gasteiger partial charge in [-0.05, 0) is 59.4 Å². The Balaban J connectivity index is 1.68. The number of rotatable bonds is 6. The average molecular weight is 450 g/mol. The molecule has 0 aliphatic carbocycles. The lowest BCUT2D eigenvalue weighted by atomic mass is 10.2. The third-order valence-corrected chi connectivity index (χ3v) is 6.00. The van der Waals surface area contributed by atoms with Crippen LogP contribution in [0.2, 0.25) is 0 Å². The number of tetrazole rings is 1. The van der Waals surface area contributed by atoms with Crippen molar-refractivity contribution in [1.82, 2.24) is 20.2 Å². The molecule has 1 heterocycles. The molecule has 0 aliphatic heterocycles. The summed E-state index contributed by atoms with van der Waals surface area (Å²) in [6.45, 7) is 2.04. The van der Waals surface area contributed by atoms with Gasteiger partial charge in [-0.3, -0.25) is 4.79 Å². The zero-order valence-corrected chi connectivity index (χ0v) is 17.4. The van der Waals surface area contributed by atoms with E-state index in [2.05, 4.69) is 36.8 Å². The van der Waals surface area contributed by atoms with Crippen molar-refractivity contribution in [2.75, 3.05) is 11.1 Å². The highest BCUT2D eigenvalue weighted by Crippen LogP contribution is 2.34. The Kier molecular flexibility index (Phi) is 6.33. The van der Waals surface area contributed by atoms with Crippen LogP contribution < -0.4 is 5.32 Å². The quantitative estimate of drug-likeness (QED) is 0.569. The van der Waals surface area contributed by atoms with Crippen molar-refractivity contribution >= 4 is 51.0 Å². The molecular weight excluding hydrogens is 434 g/mol. The lowest BCUT2D eigenvalue weighted by Gasteiger charge is -2.11. The van der Waals surface area contributed by atoms with Gasteiger partial charge in [-0.15, -0.1) is 16.9 Å². The normalized spacial score (nSPS) is 10.7. The van der Waals surface area contributed by atoms with Crippen molar-refractivity contribution < 1.29 is 4.79 Å². The molecule has 0 atom stereocenters. The van der Waals surface area contributed by atoms with Crippen molar-refractivity contribution in [1.29, 1.82) is 0 Å². The van der Waals surface area contributed by atoms with E-state index in [0.717, 1.165) is 20.0 Å². The van der Waals surface area contributed by atoms with Crippen LogP contribution in [-0.2, 0) is 11.8 Å². The van der Waals surface area contributed by atoms with Gasteiger partial charge in [0.05, 0.1) is 11.4 Å². The molecule has 0 bridgehead atoms. The smallest absolute Gasteiger partial charge is 0.234 e. The number of hydrogen-bond acceptors (Lipinski definition) is 6. The molecule has 0 saturated carbocycles. The second kappa shape index (κ2) is 8.70. The average Bonchev–Trinajstić information content (AvgIpc) is 3.02. The number of nitrogens with zero attached hydrogens (tertiary/aromatic N) is 4. The van der Waals surface area contributed by atoms with Gasteiger partial charge >= 0.3 is 0 Å². The van der Waals surface area contributed by atoms with Gasteiger partial charge in [0.2, 0.25) is 11.1 Å². The van der Waals surface area contributed by atoms with Gasteiger partial charge in [0.1, 0.15) is 0 Å². The number of aromatic nitrogens is 4. The highest BCUT2D eigenvalue weighted by atomic mass is 79.9. The number of aryl methyl sites for hydroxylation is 2. The Morgan fingerprint density at radius 2 is 2.00 bits per heavy atom. The topological polar surface area (TPSA) is 72.7 Å². The van der Waals surface area contributed by atoms with Crippen molar-refractivity contribution in [3.63, 3.8) is 0 Å². The first-order chi connectivity index (χ1) is 12.5. The Morgan fingerprint density at radius 3 is 2.69 bits per heavy atom. The van der Waals surface area contributed by atoms with Crippen molar-refractivity contribution in [2.24, 2.45) is 7.05 Å². The minimum atomic E-state index is -0.0633. The maximum atomic E-state index is 12.4. The molecule has 0 aliphatic rings. The van der Waals surface area contributed by atoms with Crippen LogP contribution in [-0.4, -0.2) is 31.9 Å². The Bertz CT molecular complexity index is 914. The van der Waals surface area contributed by atoms with Crippen LogP contribution in [0.3, 0.4) is 0 Å². The third-order valence-electron chi connectivity index (χ3n) is 3.39. The minimum Gasteiger partial charge on any atom is -0.324 e. The summed E-state index contributed by atoms with van der Waals surface area (Å²) < 4.78 is 2.48.